The minimum atomic E-state index is -0.322. The number of benzene rings is 2. The van der Waals surface area contributed by atoms with E-state index in [1.54, 1.807) is 18.2 Å². The highest BCUT2D eigenvalue weighted by molar-refractivity contribution is 6.11. The van der Waals surface area contributed by atoms with Crippen molar-refractivity contribution in [2.75, 3.05) is 5.32 Å². The van der Waals surface area contributed by atoms with Gasteiger partial charge in [-0.25, -0.2) is 4.68 Å². The second-order valence-electron chi connectivity index (χ2n) is 7.99. The van der Waals surface area contributed by atoms with E-state index in [1.807, 2.05) is 44.2 Å². The molecule has 5 heteroatoms. The molecule has 5 nitrogen and oxygen atoms in total. The van der Waals surface area contributed by atoms with Gasteiger partial charge in [0.25, 0.3) is 11.5 Å². The van der Waals surface area contributed by atoms with Gasteiger partial charge in [0.05, 0.1) is 11.4 Å². The first kappa shape index (κ1) is 18.8. The van der Waals surface area contributed by atoms with Crippen molar-refractivity contribution < 1.29 is 4.79 Å². The van der Waals surface area contributed by atoms with E-state index in [9.17, 15) is 9.59 Å². The van der Waals surface area contributed by atoms with E-state index in [0.717, 1.165) is 11.3 Å². The summed E-state index contributed by atoms with van der Waals surface area (Å²) in [5.41, 5.74) is 1.74. The zero-order valence-corrected chi connectivity index (χ0v) is 16.4. The number of carbonyl (C=O) groups is 1. The molecular formula is C22H25N3O2. The van der Waals surface area contributed by atoms with Gasteiger partial charge in [0.2, 0.25) is 0 Å². The van der Waals surface area contributed by atoms with Crippen LogP contribution >= 0.6 is 0 Å². The molecule has 0 saturated heterocycles. The molecule has 1 aromatic heterocycles. The third-order valence-corrected chi connectivity index (χ3v) is 4.52. The molecule has 140 valence electrons. The maximum absolute atomic E-state index is 13.1. The highest BCUT2D eigenvalue weighted by Crippen LogP contribution is 2.29. The zero-order valence-electron chi connectivity index (χ0n) is 16.4. The van der Waals surface area contributed by atoms with Gasteiger partial charge in [-0.2, -0.15) is 5.10 Å². The molecule has 3 aromatic rings. The van der Waals surface area contributed by atoms with Crippen molar-refractivity contribution >= 4 is 22.4 Å². The molecule has 0 bridgehead atoms. The molecule has 1 heterocycles. The van der Waals surface area contributed by atoms with Crippen LogP contribution in [0.25, 0.3) is 10.8 Å². The molecule has 27 heavy (non-hydrogen) atoms. The molecule has 2 aromatic carbocycles. The highest BCUT2D eigenvalue weighted by Gasteiger charge is 2.22. The van der Waals surface area contributed by atoms with E-state index in [0.29, 0.717) is 10.8 Å². The van der Waals surface area contributed by atoms with E-state index >= 15 is 0 Å². The molecule has 1 amide bonds. The Hall–Kier alpha value is -2.95. The van der Waals surface area contributed by atoms with Gasteiger partial charge in [-0.15, -0.1) is 0 Å². The van der Waals surface area contributed by atoms with Crippen LogP contribution in [-0.2, 0) is 5.41 Å². The third-order valence-electron chi connectivity index (χ3n) is 4.52. The largest absolute Gasteiger partial charge is 0.320 e. The summed E-state index contributed by atoms with van der Waals surface area (Å²) in [5.74, 6) is -0.322. The first-order valence-corrected chi connectivity index (χ1v) is 9.12. The molecule has 0 spiro atoms. The summed E-state index contributed by atoms with van der Waals surface area (Å²) >= 11 is 0. The molecule has 3 rings (SSSR count). The minimum Gasteiger partial charge on any atom is -0.320 e. The number of carbonyl (C=O) groups excluding carboxylic acids is 1. The van der Waals surface area contributed by atoms with Gasteiger partial charge < -0.3 is 5.32 Å². The van der Waals surface area contributed by atoms with Crippen LogP contribution < -0.4 is 10.9 Å². The SMILES string of the molecule is CC(C)n1nc(C(=O)Nc2ccccc2C(C)(C)C)c2ccccc2c1=O. The maximum Gasteiger partial charge on any atom is 0.276 e. The van der Waals surface area contributed by atoms with Crippen molar-refractivity contribution in [1.29, 1.82) is 0 Å². The van der Waals surface area contributed by atoms with Gasteiger partial charge in [0.15, 0.2) is 5.69 Å². The Kier molecular flexibility index (Phi) is 4.87. The normalized spacial score (nSPS) is 11.8. The fourth-order valence-corrected chi connectivity index (χ4v) is 3.15. The van der Waals surface area contributed by atoms with Crippen LogP contribution in [0.3, 0.4) is 0 Å². The number of fused-ring (bicyclic) bond motifs is 1. The van der Waals surface area contributed by atoms with E-state index < -0.39 is 0 Å². The van der Waals surface area contributed by atoms with Crippen molar-refractivity contribution in [3.05, 3.63) is 70.1 Å². The van der Waals surface area contributed by atoms with Gasteiger partial charge in [-0.05, 0) is 37.0 Å². The highest BCUT2D eigenvalue weighted by atomic mass is 16.2. The van der Waals surface area contributed by atoms with Crippen molar-refractivity contribution in [3.63, 3.8) is 0 Å². The van der Waals surface area contributed by atoms with Gasteiger partial charge in [-0.1, -0.05) is 57.2 Å². The Balaban J connectivity index is 2.13. The van der Waals surface area contributed by atoms with Crippen LogP contribution in [-0.4, -0.2) is 15.7 Å². The standard InChI is InChI=1S/C22H25N3O2/c1-14(2)25-21(27)16-11-7-6-10-15(16)19(24-25)20(26)23-18-13-9-8-12-17(18)22(3,4)5/h6-14H,1-5H3,(H,23,26). The molecule has 0 aliphatic rings. The number of aromatic nitrogens is 2. The van der Waals surface area contributed by atoms with Crippen LogP contribution in [0.15, 0.2) is 53.3 Å². The van der Waals surface area contributed by atoms with Crippen LogP contribution in [0.1, 0.15) is 56.7 Å². The number of hydrogen-bond acceptors (Lipinski definition) is 3. The first-order valence-electron chi connectivity index (χ1n) is 9.12. The Morgan fingerprint density at radius 3 is 2.22 bits per heavy atom. The first-order chi connectivity index (χ1) is 12.7. The van der Waals surface area contributed by atoms with E-state index in [4.69, 9.17) is 0 Å². The second-order valence-corrected chi connectivity index (χ2v) is 7.99. The molecule has 0 aliphatic heterocycles. The number of nitrogens with one attached hydrogen (secondary N) is 1. The molecule has 0 aliphatic carbocycles. The predicted octanol–water partition coefficient (Wildman–Crippen LogP) is 4.53. The van der Waals surface area contributed by atoms with E-state index in [1.165, 1.54) is 4.68 Å². The van der Waals surface area contributed by atoms with Crippen molar-refractivity contribution in [1.82, 2.24) is 9.78 Å². The summed E-state index contributed by atoms with van der Waals surface area (Å²) in [6, 6.07) is 14.7. The van der Waals surface area contributed by atoms with Gasteiger partial charge >= 0.3 is 0 Å². The lowest BCUT2D eigenvalue weighted by Crippen LogP contribution is -2.29. The Labute approximate surface area is 159 Å². The number of hydrogen-bond donors (Lipinski definition) is 1. The lowest BCUT2D eigenvalue weighted by Gasteiger charge is -2.23. The summed E-state index contributed by atoms with van der Waals surface area (Å²) in [6.07, 6.45) is 0. The van der Waals surface area contributed by atoms with Crippen LogP contribution in [0.5, 0.6) is 0 Å². The molecule has 0 saturated carbocycles. The van der Waals surface area contributed by atoms with Gasteiger partial charge in [-0.3, -0.25) is 9.59 Å². The summed E-state index contributed by atoms with van der Waals surface area (Å²) < 4.78 is 1.37. The number of anilines is 1. The van der Waals surface area contributed by atoms with Gasteiger partial charge in [0, 0.05) is 11.1 Å². The zero-order chi connectivity index (χ0) is 19.8. The molecule has 0 atom stereocenters. The smallest absolute Gasteiger partial charge is 0.276 e. The monoisotopic (exact) mass is 363 g/mol. The minimum absolute atomic E-state index is 0.115. The number of nitrogens with zero attached hydrogens (tertiary/aromatic N) is 2. The molecule has 1 N–H and O–H groups in total. The Bertz CT molecular complexity index is 1060. The molecule has 0 unspecified atom stereocenters. The average Bonchev–Trinajstić information content (AvgIpc) is 2.61. The van der Waals surface area contributed by atoms with Crippen molar-refractivity contribution in [3.8, 4) is 0 Å². The van der Waals surface area contributed by atoms with Crippen molar-refractivity contribution in [2.24, 2.45) is 0 Å². The van der Waals surface area contributed by atoms with E-state index in [-0.39, 0.29) is 28.6 Å². The van der Waals surface area contributed by atoms with E-state index in [2.05, 4.69) is 31.2 Å². The summed E-state index contributed by atoms with van der Waals surface area (Å²) in [4.78, 5) is 25.8. The lowest BCUT2D eigenvalue weighted by molar-refractivity contribution is 0.102. The number of para-hydroxylation sites is 1. The maximum atomic E-state index is 13.1. The van der Waals surface area contributed by atoms with Crippen LogP contribution in [0.2, 0.25) is 0 Å². The quantitative estimate of drug-likeness (QED) is 0.744. The fourth-order valence-electron chi connectivity index (χ4n) is 3.15. The van der Waals surface area contributed by atoms with Gasteiger partial charge in [0.1, 0.15) is 0 Å². The van der Waals surface area contributed by atoms with Crippen LogP contribution in [0.4, 0.5) is 5.69 Å². The number of amides is 1. The molecule has 0 fully saturated rings. The van der Waals surface area contributed by atoms with Crippen molar-refractivity contribution in [2.45, 2.75) is 46.1 Å². The predicted molar refractivity (Wildman–Crippen MR) is 109 cm³/mol. The summed E-state index contributed by atoms with van der Waals surface area (Å²) in [6.45, 7) is 10.1. The molecule has 0 radical (unpaired) electrons. The third kappa shape index (κ3) is 3.63. The average molecular weight is 363 g/mol. The van der Waals surface area contributed by atoms with Crippen LogP contribution in [0, 0.1) is 0 Å². The number of rotatable bonds is 3. The Morgan fingerprint density at radius 2 is 1.59 bits per heavy atom. The topological polar surface area (TPSA) is 64.0 Å². The fraction of sp³-hybridized carbons (Fsp3) is 0.318. The molecular weight excluding hydrogens is 338 g/mol. The second kappa shape index (κ2) is 6.99. The summed E-state index contributed by atoms with van der Waals surface area (Å²) in [5, 5.41) is 8.43. The summed E-state index contributed by atoms with van der Waals surface area (Å²) in [7, 11) is 0. The Morgan fingerprint density at radius 1 is 1.00 bits per heavy atom. The lowest BCUT2D eigenvalue weighted by atomic mass is 9.86.